The predicted molar refractivity (Wildman–Crippen MR) is 89.2 cm³/mol. The maximum atomic E-state index is 6.07. The highest BCUT2D eigenvalue weighted by Crippen LogP contribution is 2.35. The van der Waals surface area contributed by atoms with Gasteiger partial charge in [-0.25, -0.2) is 0 Å². The van der Waals surface area contributed by atoms with Gasteiger partial charge in [0.1, 0.15) is 23.4 Å². The Labute approximate surface area is 127 Å². The molecule has 21 heavy (non-hydrogen) atoms. The van der Waals surface area contributed by atoms with Gasteiger partial charge in [0.05, 0.1) is 0 Å². The van der Waals surface area contributed by atoms with Gasteiger partial charge in [0.25, 0.3) is 0 Å². The number of ether oxygens (including phenoxy) is 2. The zero-order chi connectivity index (χ0) is 14.9. The Morgan fingerprint density at radius 2 is 1.81 bits per heavy atom. The molecule has 1 heterocycles. The first-order valence-corrected chi connectivity index (χ1v) is 11.2. The van der Waals surface area contributed by atoms with Gasteiger partial charge in [-0.1, -0.05) is 37.8 Å². The number of para-hydroxylation sites is 1. The zero-order valence-corrected chi connectivity index (χ0v) is 13.9. The Bertz CT molecular complexity index is 617. The monoisotopic (exact) mass is 298 g/mol. The molecule has 0 bridgehead atoms. The van der Waals surface area contributed by atoms with Crippen LogP contribution in [0.5, 0.6) is 17.2 Å². The molecule has 2 aromatic carbocycles. The standard InChI is InChI=1S/C18H22O2Si/c1-21(2,3)13-17-12-14-11-16(9-10-18(14)20-17)19-15-7-5-4-6-8-15/h4-11,17H,12-13H2,1-3H3. The molecule has 2 nitrogen and oxygen atoms in total. The summed E-state index contributed by atoms with van der Waals surface area (Å²) >= 11 is 0. The lowest BCUT2D eigenvalue weighted by Crippen LogP contribution is -2.29. The Morgan fingerprint density at radius 3 is 2.52 bits per heavy atom. The van der Waals surface area contributed by atoms with Crippen LogP contribution in [-0.4, -0.2) is 14.2 Å². The Kier molecular flexibility index (Phi) is 3.76. The molecule has 0 saturated carbocycles. The molecule has 0 amide bonds. The lowest BCUT2D eigenvalue weighted by molar-refractivity contribution is 0.252. The van der Waals surface area contributed by atoms with Crippen LogP contribution in [-0.2, 0) is 6.42 Å². The molecule has 3 rings (SSSR count). The largest absolute Gasteiger partial charge is 0.490 e. The minimum absolute atomic E-state index is 0.346. The molecule has 1 unspecified atom stereocenters. The van der Waals surface area contributed by atoms with Gasteiger partial charge in [-0.05, 0) is 36.4 Å². The fraction of sp³-hybridized carbons (Fsp3) is 0.333. The summed E-state index contributed by atoms with van der Waals surface area (Å²) < 4.78 is 12.0. The van der Waals surface area contributed by atoms with Gasteiger partial charge in [-0.3, -0.25) is 0 Å². The fourth-order valence-electron chi connectivity index (χ4n) is 2.78. The second-order valence-corrected chi connectivity index (χ2v) is 12.4. The highest BCUT2D eigenvalue weighted by molar-refractivity contribution is 6.76. The average Bonchev–Trinajstić information content (AvgIpc) is 2.79. The summed E-state index contributed by atoms with van der Waals surface area (Å²) in [5.74, 6) is 2.78. The van der Waals surface area contributed by atoms with Gasteiger partial charge in [0.15, 0.2) is 0 Å². The zero-order valence-electron chi connectivity index (χ0n) is 12.9. The second kappa shape index (κ2) is 5.56. The van der Waals surface area contributed by atoms with E-state index < -0.39 is 8.07 Å². The van der Waals surface area contributed by atoms with Crippen molar-refractivity contribution in [2.75, 3.05) is 0 Å². The van der Waals surface area contributed by atoms with E-state index >= 15 is 0 Å². The van der Waals surface area contributed by atoms with Crippen molar-refractivity contribution in [1.29, 1.82) is 0 Å². The topological polar surface area (TPSA) is 18.5 Å². The third-order valence-corrected chi connectivity index (χ3v) is 5.27. The van der Waals surface area contributed by atoms with Gasteiger partial charge >= 0.3 is 0 Å². The lowest BCUT2D eigenvalue weighted by atomic mass is 10.1. The molecule has 1 atom stereocenters. The van der Waals surface area contributed by atoms with Crippen LogP contribution in [0.4, 0.5) is 0 Å². The lowest BCUT2D eigenvalue weighted by Gasteiger charge is -2.20. The maximum absolute atomic E-state index is 6.07. The van der Waals surface area contributed by atoms with E-state index in [1.807, 2.05) is 42.5 Å². The molecule has 2 aromatic rings. The van der Waals surface area contributed by atoms with Crippen LogP contribution < -0.4 is 9.47 Å². The highest BCUT2D eigenvalue weighted by Gasteiger charge is 2.28. The van der Waals surface area contributed by atoms with Crippen molar-refractivity contribution in [1.82, 2.24) is 0 Å². The van der Waals surface area contributed by atoms with Crippen molar-refractivity contribution in [3.63, 3.8) is 0 Å². The quantitative estimate of drug-likeness (QED) is 0.729. The third kappa shape index (κ3) is 3.67. The molecule has 0 saturated heterocycles. The first-order chi connectivity index (χ1) is 9.99. The molecular formula is C18H22O2Si. The minimum Gasteiger partial charge on any atom is -0.490 e. The fourth-order valence-corrected chi connectivity index (χ4v) is 4.38. The predicted octanol–water partition coefficient (Wildman–Crippen LogP) is 5.12. The maximum Gasteiger partial charge on any atom is 0.127 e. The summed E-state index contributed by atoms with van der Waals surface area (Å²) in [4.78, 5) is 0. The molecule has 0 N–H and O–H groups in total. The molecule has 1 aliphatic rings. The van der Waals surface area contributed by atoms with E-state index in [2.05, 4.69) is 25.7 Å². The summed E-state index contributed by atoms with van der Waals surface area (Å²) in [6.07, 6.45) is 1.35. The van der Waals surface area contributed by atoms with E-state index in [0.717, 1.165) is 23.7 Å². The molecule has 0 radical (unpaired) electrons. The van der Waals surface area contributed by atoms with Crippen molar-refractivity contribution in [2.45, 2.75) is 38.2 Å². The van der Waals surface area contributed by atoms with E-state index in [1.165, 1.54) is 11.6 Å². The van der Waals surface area contributed by atoms with Crippen LogP contribution in [0.15, 0.2) is 48.5 Å². The molecular weight excluding hydrogens is 276 g/mol. The van der Waals surface area contributed by atoms with Crippen LogP contribution >= 0.6 is 0 Å². The van der Waals surface area contributed by atoms with E-state index in [0.29, 0.717) is 6.10 Å². The van der Waals surface area contributed by atoms with Crippen molar-refractivity contribution >= 4 is 8.07 Å². The number of hydrogen-bond acceptors (Lipinski definition) is 2. The molecule has 0 spiro atoms. The normalized spacial score (nSPS) is 17.2. The van der Waals surface area contributed by atoms with Crippen LogP contribution in [0, 0.1) is 0 Å². The number of fused-ring (bicyclic) bond motifs is 1. The minimum atomic E-state index is -1.09. The molecule has 0 aromatic heterocycles. The highest BCUT2D eigenvalue weighted by atomic mass is 28.3. The van der Waals surface area contributed by atoms with Crippen molar-refractivity contribution in [3.8, 4) is 17.2 Å². The van der Waals surface area contributed by atoms with Gasteiger partial charge in [0.2, 0.25) is 0 Å². The third-order valence-electron chi connectivity index (χ3n) is 3.59. The van der Waals surface area contributed by atoms with Crippen LogP contribution in [0.1, 0.15) is 5.56 Å². The van der Waals surface area contributed by atoms with Crippen molar-refractivity contribution in [3.05, 3.63) is 54.1 Å². The first-order valence-electron chi connectivity index (χ1n) is 7.52. The summed E-state index contributed by atoms with van der Waals surface area (Å²) in [5, 5.41) is 0. The molecule has 1 aliphatic heterocycles. The molecule has 110 valence electrons. The van der Waals surface area contributed by atoms with Crippen molar-refractivity contribution in [2.24, 2.45) is 0 Å². The van der Waals surface area contributed by atoms with Crippen LogP contribution in [0.2, 0.25) is 25.7 Å². The van der Waals surface area contributed by atoms with Crippen LogP contribution in [0.25, 0.3) is 0 Å². The Hall–Kier alpha value is -1.74. The Morgan fingerprint density at radius 1 is 1.05 bits per heavy atom. The molecule has 0 fully saturated rings. The van der Waals surface area contributed by atoms with E-state index in [9.17, 15) is 0 Å². The Balaban J connectivity index is 1.72. The summed E-state index contributed by atoms with van der Waals surface area (Å²) in [6.45, 7) is 7.18. The number of rotatable bonds is 4. The van der Waals surface area contributed by atoms with E-state index in [-0.39, 0.29) is 0 Å². The smallest absolute Gasteiger partial charge is 0.127 e. The number of hydrogen-bond donors (Lipinski definition) is 0. The van der Waals surface area contributed by atoms with Gasteiger partial charge in [-0.2, -0.15) is 0 Å². The second-order valence-electron chi connectivity index (χ2n) is 6.89. The molecule has 0 aliphatic carbocycles. The van der Waals surface area contributed by atoms with Gasteiger partial charge in [0, 0.05) is 20.1 Å². The summed E-state index contributed by atoms with van der Waals surface area (Å²) in [5.41, 5.74) is 1.27. The van der Waals surface area contributed by atoms with E-state index in [4.69, 9.17) is 9.47 Å². The van der Waals surface area contributed by atoms with Gasteiger partial charge in [-0.15, -0.1) is 0 Å². The van der Waals surface area contributed by atoms with Crippen LogP contribution in [0.3, 0.4) is 0 Å². The average molecular weight is 298 g/mol. The van der Waals surface area contributed by atoms with E-state index in [1.54, 1.807) is 0 Å². The number of benzene rings is 2. The SMILES string of the molecule is C[Si](C)(C)CC1Cc2cc(Oc3ccccc3)ccc2O1. The van der Waals surface area contributed by atoms with Crippen molar-refractivity contribution < 1.29 is 9.47 Å². The summed E-state index contributed by atoms with van der Waals surface area (Å²) in [7, 11) is -1.09. The summed E-state index contributed by atoms with van der Waals surface area (Å²) in [6, 6.07) is 17.2. The first kappa shape index (κ1) is 14.2. The molecule has 3 heteroatoms. The van der Waals surface area contributed by atoms with Gasteiger partial charge < -0.3 is 9.47 Å².